The van der Waals surface area contributed by atoms with Crippen LogP contribution in [0.1, 0.15) is 25.7 Å². The number of anilines is 1. The number of nitrogen functional groups attached to an aromatic ring is 1. The highest BCUT2D eigenvalue weighted by molar-refractivity contribution is 5.41. The molecule has 1 aliphatic heterocycles. The van der Waals surface area contributed by atoms with Gasteiger partial charge in [-0.2, -0.15) is 0 Å². The Kier molecular flexibility index (Phi) is 2.67. The number of benzene rings is 1. The second-order valence-electron chi connectivity index (χ2n) is 4.79. The molecule has 2 N–H and O–H groups in total. The lowest BCUT2D eigenvalue weighted by Crippen LogP contribution is -2.33. The first-order chi connectivity index (χ1) is 7.07. The molecule has 3 heteroatoms. The van der Waals surface area contributed by atoms with Crippen LogP contribution in [0.5, 0.6) is 0 Å². The Morgan fingerprint density at radius 2 is 1.93 bits per heavy atom. The zero-order valence-electron chi connectivity index (χ0n) is 9.19. The first kappa shape index (κ1) is 10.5. The minimum Gasteiger partial charge on any atom is -0.399 e. The van der Waals surface area contributed by atoms with Crippen LogP contribution in [0.3, 0.4) is 0 Å². The fourth-order valence-electron chi connectivity index (χ4n) is 1.59. The number of hydrogen-bond acceptors (Lipinski definition) is 3. The highest BCUT2D eigenvalue weighted by Gasteiger charge is 2.29. The van der Waals surface area contributed by atoms with Crippen LogP contribution in [0, 0.1) is 5.41 Å². The van der Waals surface area contributed by atoms with E-state index in [1.54, 1.807) is 0 Å². The topological polar surface area (TPSA) is 44.5 Å². The number of hydrogen-bond donors (Lipinski definition) is 1. The summed E-state index contributed by atoms with van der Waals surface area (Å²) >= 11 is 0. The van der Waals surface area contributed by atoms with Crippen molar-refractivity contribution < 1.29 is 9.47 Å². The van der Waals surface area contributed by atoms with Gasteiger partial charge in [-0.05, 0) is 12.1 Å². The third kappa shape index (κ3) is 2.49. The SMILES string of the molecule is CC1(C)COC(c2cccc(N)c2)OC1. The van der Waals surface area contributed by atoms with Crippen molar-refractivity contribution in [1.82, 2.24) is 0 Å². The van der Waals surface area contributed by atoms with Crippen LogP contribution in [-0.2, 0) is 9.47 Å². The van der Waals surface area contributed by atoms with Crippen molar-refractivity contribution in [3.8, 4) is 0 Å². The van der Waals surface area contributed by atoms with Gasteiger partial charge < -0.3 is 15.2 Å². The Morgan fingerprint density at radius 3 is 2.53 bits per heavy atom. The zero-order valence-corrected chi connectivity index (χ0v) is 9.19. The van der Waals surface area contributed by atoms with Crippen molar-refractivity contribution in [2.75, 3.05) is 18.9 Å². The highest BCUT2D eigenvalue weighted by Crippen LogP contribution is 2.31. The van der Waals surface area contributed by atoms with Crippen LogP contribution >= 0.6 is 0 Å². The molecule has 0 amide bonds. The molecule has 2 rings (SSSR count). The van der Waals surface area contributed by atoms with Crippen LogP contribution in [-0.4, -0.2) is 13.2 Å². The summed E-state index contributed by atoms with van der Waals surface area (Å²) < 4.78 is 11.3. The van der Waals surface area contributed by atoms with Crippen molar-refractivity contribution >= 4 is 5.69 Å². The largest absolute Gasteiger partial charge is 0.399 e. The van der Waals surface area contributed by atoms with E-state index >= 15 is 0 Å². The fraction of sp³-hybridized carbons (Fsp3) is 0.500. The van der Waals surface area contributed by atoms with E-state index < -0.39 is 0 Å². The maximum absolute atomic E-state index is 5.71. The van der Waals surface area contributed by atoms with Gasteiger partial charge in [0, 0.05) is 16.7 Å². The summed E-state index contributed by atoms with van der Waals surface area (Å²) in [6.07, 6.45) is -0.262. The van der Waals surface area contributed by atoms with E-state index in [2.05, 4.69) is 13.8 Å². The quantitative estimate of drug-likeness (QED) is 0.719. The molecule has 15 heavy (non-hydrogen) atoms. The van der Waals surface area contributed by atoms with E-state index in [4.69, 9.17) is 15.2 Å². The molecular weight excluding hydrogens is 190 g/mol. The molecule has 0 saturated carbocycles. The van der Waals surface area contributed by atoms with E-state index in [9.17, 15) is 0 Å². The molecule has 1 heterocycles. The molecule has 1 aromatic rings. The van der Waals surface area contributed by atoms with Gasteiger partial charge in [-0.3, -0.25) is 0 Å². The number of ether oxygens (including phenoxy) is 2. The molecule has 1 saturated heterocycles. The van der Waals surface area contributed by atoms with Crippen molar-refractivity contribution in [1.29, 1.82) is 0 Å². The van der Waals surface area contributed by atoms with Gasteiger partial charge in [0.25, 0.3) is 0 Å². The molecule has 0 unspecified atom stereocenters. The lowest BCUT2D eigenvalue weighted by atomic mass is 9.95. The van der Waals surface area contributed by atoms with Crippen LogP contribution in [0.2, 0.25) is 0 Å². The molecule has 0 aromatic heterocycles. The second-order valence-corrected chi connectivity index (χ2v) is 4.79. The minimum atomic E-state index is -0.262. The average Bonchev–Trinajstić information content (AvgIpc) is 2.17. The lowest BCUT2D eigenvalue weighted by Gasteiger charge is -2.34. The van der Waals surface area contributed by atoms with Gasteiger partial charge in [-0.15, -0.1) is 0 Å². The molecule has 82 valence electrons. The summed E-state index contributed by atoms with van der Waals surface area (Å²) in [6.45, 7) is 5.68. The number of nitrogens with two attached hydrogens (primary N) is 1. The van der Waals surface area contributed by atoms with Gasteiger partial charge in [-0.25, -0.2) is 0 Å². The molecule has 1 fully saturated rings. The van der Waals surface area contributed by atoms with E-state index in [1.165, 1.54) is 0 Å². The molecule has 0 spiro atoms. The summed E-state index contributed by atoms with van der Waals surface area (Å²) in [4.78, 5) is 0. The van der Waals surface area contributed by atoms with Crippen LogP contribution in [0.4, 0.5) is 5.69 Å². The van der Waals surface area contributed by atoms with Crippen molar-refractivity contribution in [2.24, 2.45) is 5.41 Å². The first-order valence-corrected chi connectivity index (χ1v) is 5.15. The number of rotatable bonds is 1. The summed E-state index contributed by atoms with van der Waals surface area (Å²) in [5.74, 6) is 0. The highest BCUT2D eigenvalue weighted by atomic mass is 16.7. The van der Waals surface area contributed by atoms with Gasteiger partial charge in [0.2, 0.25) is 0 Å². The summed E-state index contributed by atoms with van der Waals surface area (Å²) in [7, 11) is 0. The van der Waals surface area contributed by atoms with E-state index in [0.717, 1.165) is 11.3 Å². The Bertz CT molecular complexity index is 339. The Balaban J connectivity index is 2.08. The zero-order chi connectivity index (χ0) is 10.9. The fourth-order valence-corrected chi connectivity index (χ4v) is 1.59. The molecule has 0 bridgehead atoms. The summed E-state index contributed by atoms with van der Waals surface area (Å²) in [5, 5.41) is 0. The van der Waals surface area contributed by atoms with Gasteiger partial charge in [0.1, 0.15) is 0 Å². The third-order valence-corrected chi connectivity index (χ3v) is 2.43. The van der Waals surface area contributed by atoms with E-state index in [-0.39, 0.29) is 11.7 Å². The Morgan fingerprint density at radius 1 is 1.27 bits per heavy atom. The molecule has 1 aromatic carbocycles. The average molecular weight is 207 g/mol. The van der Waals surface area contributed by atoms with Gasteiger partial charge >= 0.3 is 0 Å². The standard InChI is InChI=1S/C12H17NO2/c1-12(2)7-14-11(15-8-12)9-4-3-5-10(13)6-9/h3-6,11H,7-8,13H2,1-2H3. The smallest absolute Gasteiger partial charge is 0.183 e. The van der Waals surface area contributed by atoms with Crippen LogP contribution < -0.4 is 5.73 Å². The predicted molar refractivity (Wildman–Crippen MR) is 59.3 cm³/mol. The van der Waals surface area contributed by atoms with E-state index in [0.29, 0.717) is 13.2 Å². The molecule has 1 aliphatic rings. The molecule has 0 atom stereocenters. The normalized spacial score (nSPS) is 21.5. The molecular formula is C12H17NO2. The summed E-state index contributed by atoms with van der Waals surface area (Å²) in [6, 6.07) is 7.63. The van der Waals surface area contributed by atoms with Crippen molar-refractivity contribution in [3.63, 3.8) is 0 Å². The third-order valence-electron chi connectivity index (χ3n) is 2.43. The molecule has 0 aliphatic carbocycles. The maximum Gasteiger partial charge on any atom is 0.183 e. The van der Waals surface area contributed by atoms with Crippen molar-refractivity contribution in [3.05, 3.63) is 29.8 Å². The lowest BCUT2D eigenvalue weighted by molar-refractivity contribution is -0.226. The Labute approximate surface area is 90.2 Å². The van der Waals surface area contributed by atoms with Gasteiger partial charge in [-0.1, -0.05) is 26.0 Å². The van der Waals surface area contributed by atoms with Gasteiger partial charge in [0.05, 0.1) is 13.2 Å². The minimum absolute atomic E-state index is 0.108. The molecule has 3 nitrogen and oxygen atoms in total. The van der Waals surface area contributed by atoms with E-state index in [1.807, 2.05) is 24.3 Å². The predicted octanol–water partition coefficient (Wildman–Crippen LogP) is 2.34. The monoisotopic (exact) mass is 207 g/mol. The van der Waals surface area contributed by atoms with Gasteiger partial charge in [0.15, 0.2) is 6.29 Å². The van der Waals surface area contributed by atoms with Crippen LogP contribution in [0.25, 0.3) is 0 Å². The Hall–Kier alpha value is -1.06. The van der Waals surface area contributed by atoms with Crippen molar-refractivity contribution in [2.45, 2.75) is 20.1 Å². The van der Waals surface area contributed by atoms with Crippen LogP contribution in [0.15, 0.2) is 24.3 Å². The molecule has 0 radical (unpaired) electrons. The first-order valence-electron chi connectivity index (χ1n) is 5.15. The maximum atomic E-state index is 5.71. The second kappa shape index (κ2) is 3.83. The summed E-state index contributed by atoms with van der Waals surface area (Å²) in [5.41, 5.74) is 7.55.